The van der Waals surface area contributed by atoms with Gasteiger partial charge in [0.2, 0.25) is 0 Å². The monoisotopic (exact) mass is 490 g/mol. The Hall–Kier alpha value is -3.20. The second-order valence-corrected chi connectivity index (χ2v) is 7.65. The van der Waals surface area contributed by atoms with Crippen LogP contribution in [0.25, 0.3) is 0 Å². The highest BCUT2D eigenvalue weighted by Gasteiger charge is 2.35. The summed E-state index contributed by atoms with van der Waals surface area (Å²) in [5, 5.41) is 12.9. The van der Waals surface area contributed by atoms with E-state index in [1.165, 1.54) is 12.0 Å². The van der Waals surface area contributed by atoms with Crippen molar-refractivity contribution < 1.29 is 28.9 Å². The lowest BCUT2D eigenvalue weighted by molar-refractivity contribution is -0.140. The van der Waals surface area contributed by atoms with Gasteiger partial charge < -0.3 is 29.5 Å². The molecule has 1 atom stereocenters. The van der Waals surface area contributed by atoms with E-state index in [9.17, 15) is 14.7 Å². The van der Waals surface area contributed by atoms with E-state index in [2.05, 4.69) is 21.2 Å². The van der Waals surface area contributed by atoms with Crippen molar-refractivity contribution in [3.63, 3.8) is 0 Å². The molecule has 2 amide bonds. The number of phenolic OH excluding ortho intramolecular Hbond substituents is 1. The van der Waals surface area contributed by atoms with E-state index < -0.39 is 12.0 Å². The normalized spacial score (nSPS) is 16.1. The summed E-state index contributed by atoms with van der Waals surface area (Å²) in [6, 6.07) is 11.2. The first-order valence-electron chi connectivity index (χ1n) is 9.49. The van der Waals surface area contributed by atoms with Crippen molar-refractivity contribution in [2.24, 2.45) is 0 Å². The maximum Gasteiger partial charge on any atom is 0.338 e. The number of aromatic hydroxyl groups is 1. The number of amides is 2. The Morgan fingerprint density at radius 2 is 1.94 bits per heavy atom. The Morgan fingerprint density at radius 1 is 1.23 bits per heavy atom. The first-order chi connectivity index (χ1) is 14.8. The van der Waals surface area contributed by atoms with E-state index in [4.69, 9.17) is 14.2 Å². The summed E-state index contributed by atoms with van der Waals surface area (Å²) in [6.07, 6.45) is 0. The number of methoxy groups -OCH3 is 1. The minimum absolute atomic E-state index is 0.0392. The standard InChI is InChI=1S/C22H23BrN2O6/c1-13-18(21(27)31-10-9-30-15-7-5-4-6-8-15)19(24-22(28)25(13)2)14-11-16(23)20(26)17(12-14)29-3/h4-8,11-12,19,26H,9-10H2,1-3H3,(H,24,28)/t19-/m1/s1. The second-order valence-electron chi connectivity index (χ2n) is 6.79. The fourth-order valence-corrected chi connectivity index (χ4v) is 3.61. The summed E-state index contributed by atoms with van der Waals surface area (Å²) in [6.45, 7) is 1.90. The summed E-state index contributed by atoms with van der Waals surface area (Å²) in [4.78, 5) is 26.7. The fraction of sp³-hybridized carbons (Fsp3) is 0.273. The van der Waals surface area contributed by atoms with Crippen LogP contribution in [-0.2, 0) is 9.53 Å². The molecule has 0 radical (unpaired) electrons. The van der Waals surface area contributed by atoms with Crippen molar-refractivity contribution in [3.05, 3.63) is 63.8 Å². The molecule has 0 spiro atoms. The van der Waals surface area contributed by atoms with E-state index in [1.807, 2.05) is 30.3 Å². The van der Waals surface area contributed by atoms with Crippen molar-refractivity contribution in [2.45, 2.75) is 13.0 Å². The van der Waals surface area contributed by atoms with Gasteiger partial charge in [-0.05, 0) is 52.7 Å². The van der Waals surface area contributed by atoms with E-state index in [0.29, 0.717) is 21.5 Å². The van der Waals surface area contributed by atoms with Crippen LogP contribution in [0.15, 0.2) is 58.2 Å². The van der Waals surface area contributed by atoms with Gasteiger partial charge in [0.05, 0.1) is 23.2 Å². The van der Waals surface area contributed by atoms with Crippen molar-refractivity contribution in [1.29, 1.82) is 0 Å². The average molecular weight is 491 g/mol. The quantitative estimate of drug-likeness (QED) is 0.453. The Bertz CT molecular complexity index is 1010. The zero-order chi connectivity index (χ0) is 22.5. The van der Waals surface area contributed by atoms with Crippen LogP contribution in [0.2, 0.25) is 0 Å². The number of rotatable bonds is 7. The zero-order valence-electron chi connectivity index (χ0n) is 17.3. The van der Waals surface area contributed by atoms with Crippen LogP contribution in [0.4, 0.5) is 4.79 Å². The Kier molecular flexibility index (Phi) is 7.06. The molecule has 0 saturated carbocycles. The molecule has 0 unspecified atom stereocenters. The van der Waals surface area contributed by atoms with Crippen molar-refractivity contribution in [3.8, 4) is 17.2 Å². The summed E-state index contributed by atoms with van der Waals surface area (Å²) in [5.41, 5.74) is 1.29. The van der Waals surface area contributed by atoms with Crippen LogP contribution >= 0.6 is 15.9 Å². The van der Waals surface area contributed by atoms with E-state index in [1.54, 1.807) is 26.1 Å². The summed E-state index contributed by atoms with van der Waals surface area (Å²) in [7, 11) is 2.99. The van der Waals surface area contributed by atoms with Gasteiger partial charge in [0.1, 0.15) is 19.0 Å². The number of nitrogens with zero attached hydrogens (tertiary/aromatic N) is 1. The predicted molar refractivity (Wildman–Crippen MR) is 117 cm³/mol. The third-order valence-electron chi connectivity index (χ3n) is 4.91. The predicted octanol–water partition coefficient (Wildman–Crippen LogP) is 3.76. The molecule has 164 valence electrons. The fourth-order valence-electron chi connectivity index (χ4n) is 3.15. The van der Waals surface area contributed by atoms with Gasteiger partial charge in [-0.3, -0.25) is 0 Å². The largest absolute Gasteiger partial charge is 0.503 e. The number of nitrogens with one attached hydrogen (secondary N) is 1. The number of carbonyl (C=O) groups is 2. The highest BCUT2D eigenvalue weighted by atomic mass is 79.9. The Balaban J connectivity index is 1.81. The smallest absolute Gasteiger partial charge is 0.338 e. The number of ether oxygens (including phenoxy) is 3. The summed E-state index contributed by atoms with van der Waals surface area (Å²) < 4.78 is 16.6. The van der Waals surface area contributed by atoms with Crippen molar-refractivity contribution >= 4 is 27.9 Å². The Labute approximate surface area is 188 Å². The van der Waals surface area contributed by atoms with E-state index in [-0.39, 0.29) is 36.3 Å². The van der Waals surface area contributed by atoms with Gasteiger partial charge in [0, 0.05) is 12.7 Å². The number of urea groups is 1. The number of para-hydroxylation sites is 1. The lowest BCUT2D eigenvalue weighted by Gasteiger charge is -2.33. The number of hydrogen-bond donors (Lipinski definition) is 2. The molecule has 0 fully saturated rings. The third kappa shape index (κ3) is 4.93. The van der Waals surface area contributed by atoms with Gasteiger partial charge in [0.25, 0.3) is 0 Å². The molecule has 0 aromatic heterocycles. The molecule has 2 N–H and O–H groups in total. The second kappa shape index (κ2) is 9.74. The number of phenols is 1. The highest BCUT2D eigenvalue weighted by Crippen LogP contribution is 2.40. The molecule has 2 aromatic carbocycles. The topological polar surface area (TPSA) is 97.3 Å². The molecule has 1 aliphatic rings. The first kappa shape index (κ1) is 22.5. The minimum atomic E-state index is -0.781. The first-order valence-corrected chi connectivity index (χ1v) is 10.3. The number of hydrogen-bond acceptors (Lipinski definition) is 6. The number of halogens is 1. The lowest BCUT2D eigenvalue weighted by atomic mass is 9.94. The zero-order valence-corrected chi connectivity index (χ0v) is 18.9. The van der Waals surface area contributed by atoms with E-state index in [0.717, 1.165) is 0 Å². The minimum Gasteiger partial charge on any atom is -0.503 e. The number of carbonyl (C=O) groups excluding carboxylic acids is 2. The highest BCUT2D eigenvalue weighted by molar-refractivity contribution is 9.10. The van der Waals surface area contributed by atoms with Gasteiger partial charge in [-0.15, -0.1) is 0 Å². The molecule has 8 nitrogen and oxygen atoms in total. The Morgan fingerprint density at radius 3 is 2.61 bits per heavy atom. The molecular weight excluding hydrogens is 468 g/mol. The summed E-state index contributed by atoms with van der Waals surface area (Å²) in [5.74, 6) is 0.235. The summed E-state index contributed by atoms with van der Waals surface area (Å²) >= 11 is 3.27. The third-order valence-corrected chi connectivity index (χ3v) is 5.51. The molecule has 2 aromatic rings. The number of benzene rings is 2. The molecule has 0 aliphatic carbocycles. The van der Waals surface area contributed by atoms with Crippen molar-refractivity contribution in [1.82, 2.24) is 10.2 Å². The molecule has 3 rings (SSSR count). The molecule has 9 heteroatoms. The molecule has 1 heterocycles. The lowest BCUT2D eigenvalue weighted by Crippen LogP contribution is -2.46. The number of allylic oxidation sites excluding steroid dienone is 1. The maximum absolute atomic E-state index is 13.0. The molecule has 0 saturated heterocycles. The molecule has 0 bridgehead atoms. The molecule has 1 aliphatic heterocycles. The van der Waals surface area contributed by atoms with Crippen LogP contribution < -0.4 is 14.8 Å². The number of esters is 1. The average Bonchev–Trinajstić information content (AvgIpc) is 2.77. The van der Waals surface area contributed by atoms with Crippen LogP contribution in [0.5, 0.6) is 17.2 Å². The van der Waals surface area contributed by atoms with E-state index >= 15 is 0 Å². The van der Waals surface area contributed by atoms with Gasteiger partial charge in [-0.2, -0.15) is 0 Å². The maximum atomic E-state index is 13.0. The van der Waals surface area contributed by atoms with Gasteiger partial charge >= 0.3 is 12.0 Å². The van der Waals surface area contributed by atoms with Crippen LogP contribution in [-0.4, -0.2) is 49.4 Å². The van der Waals surface area contributed by atoms with Gasteiger partial charge in [-0.1, -0.05) is 18.2 Å². The van der Waals surface area contributed by atoms with Gasteiger partial charge in [0.15, 0.2) is 11.5 Å². The molecular formula is C22H23BrN2O6. The van der Waals surface area contributed by atoms with Crippen LogP contribution in [0.1, 0.15) is 18.5 Å². The van der Waals surface area contributed by atoms with Gasteiger partial charge in [-0.25, -0.2) is 9.59 Å². The van der Waals surface area contributed by atoms with Crippen LogP contribution in [0, 0.1) is 0 Å². The van der Waals surface area contributed by atoms with Crippen LogP contribution in [0.3, 0.4) is 0 Å². The SMILES string of the molecule is COc1cc([C@H]2NC(=O)N(C)C(C)=C2C(=O)OCCOc2ccccc2)cc(Br)c1O. The van der Waals surface area contributed by atoms with Crippen molar-refractivity contribution in [2.75, 3.05) is 27.4 Å². The molecule has 31 heavy (non-hydrogen) atoms.